The Labute approximate surface area is 122 Å². The minimum atomic E-state index is -0.437. The molecule has 1 atom stereocenters. The number of hydrazone groups is 1. The Bertz CT molecular complexity index is 347. The Hall–Kier alpha value is -1.52. The standard InChI is InChI=1S/C15H27N3O2/c1-7-18(16-6)12(2)13-8-10-17(11-9-13)14(19)20-15(3,4)5/h7,12-13H,1,6,8-11H2,2-5H3. The van der Waals surface area contributed by atoms with E-state index in [-0.39, 0.29) is 12.1 Å². The fourth-order valence-corrected chi connectivity index (χ4v) is 2.46. The normalized spacial score (nSPS) is 18.3. The lowest BCUT2D eigenvalue weighted by atomic mass is 9.90. The maximum atomic E-state index is 12.0. The first-order valence-electron chi connectivity index (χ1n) is 7.14. The SMILES string of the molecule is C=CN(N=C)C(C)C1CCN(C(=O)OC(C)(C)C)CC1. The third kappa shape index (κ3) is 4.54. The van der Waals surface area contributed by atoms with Gasteiger partial charge in [0.25, 0.3) is 0 Å². The van der Waals surface area contributed by atoms with Crippen molar-refractivity contribution >= 4 is 12.8 Å². The van der Waals surface area contributed by atoms with Crippen LogP contribution in [-0.4, -0.2) is 47.5 Å². The molecule has 0 aromatic heterocycles. The monoisotopic (exact) mass is 281 g/mol. The molecule has 0 aromatic rings. The minimum Gasteiger partial charge on any atom is -0.444 e. The summed E-state index contributed by atoms with van der Waals surface area (Å²) >= 11 is 0. The lowest BCUT2D eigenvalue weighted by Gasteiger charge is -2.37. The Morgan fingerprint density at radius 3 is 2.40 bits per heavy atom. The molecule has 1 aliphatic heterocycles. The van der Waals surface area contributed by atoms with Crippen LogP contribution in [0.4, 0.5) is 4.79 Å². The van der Waals surface area contributed by atoms with Crippen LogP contribution in [-0.2, 0) is 4.74 Å². The molecule has 1 heterocycles. The number of rotatable bonds is 4. The van der Waals surface area contributed by atoms with E-state index in [4.69, 9.17) is 4.74 Å². The molecule has 1 rings (SSSR count). The van der Waals surface area contributed by atoms with Gasteiger partial charge in [0, 0.05) is 26.0 Å². The fraction of sp³-hybridized carbons (Fsp3) is 0.733. The molecule has 0 spiro atoms. The number of likely N-dealkylation sites (tertiary alicyclic amines) is 1. The van der Waals surface area contributed by atoms with Crippen LogP contribution in [0.2, 0.25) is 0 Å². The van der Waals surface area contributed by atoms with Crippen LogP contribution in [0, 0.1) is 5.92 Å². The van der Waals surface area contributed by atoms with Crippen molar-refractivity contribution in [3.05, 3.63) is 12.8 Å². The van der Waals surface area contributed by atoms with Crippen molar-refractivity contribution < 1.29 is 9.53 Å². The molecule has 5 nitrogen and oxygen atoms in total. The molecular formula is C15H27N3O2. The largest absolute Gasteiger partial charge is 0.444 e. The first-order chi connectivity index (χ1) is 9.28. The number of ether oxygens (including phenoxy) is 1. The maximum Gasteiger partial charge on any atom is 0.410 e. The van der Waals surface area contributed by atoms with E-state index in [1.165, 1.54) is 0 Å². The molecule has 0 aliphatic carbocycles. The van der Waals surface area contributed by atoms with Gasteiger partial charge in [0.1, 0.15) is 5.60 Å². The maximum absolute atomic E-state index is 12.0. The molecule has 20 heavy (non-hydrogen) atoms. The van der Waals surface area contributed by atoms with E-state index in [1.54, 1.807) is 16.1 Å². The van der Waals surface area contributed by atoms with Gasteiger partial charge in [0.15, 0.2) is 0 Å². The van der Waals surface area contributed by atoms with Gasteiger partial charge in [-0.25, -0.2) is 4.79 Å². The van der Waals surface area contributed by atoms with Gasteiger partial charge in [-0.2, -0.15) is 5.10 Å². The van der Waals surface area contributed by atoms with Crippen LogP contribution in [0.15, 0.2) is 17.9 Å². The van der Waals surface area contributed by atoms with Gasteiger partial charge < -0.3 is 9.64 Å². The number of nitrogens with zero attached hydrogens (tertiary/aromatic N) is 3. The number of amides is 1. The van der Waals surface area contributed by atoms with E-state index < -0.39 is 5.60 Å². The van der Waals surface area contributed by atoms with Gasteiger partial charge in [-0.1, -0.05) is 6.58 Å². The summed E-state index contributed by atoms with van der Waals surface area (Å²) in [6.07, 6.45) is 3.37. The highest BCUT2D eigenvalue weighted by Gasteiger charge is 2.30. The number of hydrogen-bond acceptors (Lipinski definition) is 4. The van der Waals surface area contributed by atoms with Gasteiger partial charge >= 0.3 is 6.09 Å². The third-order valence-electron chi connectivity index (χ3n) is 3.64. The molecule has 0 radical (unpaired) electrons. The molecule has 0 saturated carbocycles. The Balaban J connectivity index is 2.49. The van der Waals surface area contributed by atoms with Crippen LogP contribution in [0.5, 0.6) is 0 Å². The van der Waals surface area contributed by atoms with E-state index in [1.807, 2.05) is 20.8 Å². The average Bonchev–Trinajstić information content (AvgIpc) is 2.38. The third-order valence-corrected chi connectivity index (χ3v) is 3.64. The summed E-state index contributed by atoms with van der Waals surface area (Å²) in [6, 6.07) is 0.255. The lowest BCUT2D eigenvalue weighted by molar-refractivity contribution is 0.0152. The minimum absolute atomic E-state index is 0.217. The van der Waals surface area contributed by atoms with Crippen molar-refractivity contribution in [1.82, 2.24) is 9.91 Å². The van der Waals surface area contributed by atoms with Crippen LogP contribution in [0.3, 0.4) is 0 Å². The summed E-state index contributed by atoms with van der Waals surface area (Å²) in [7, 11) is 0. The van der Waals surface area contributed by atoms with Crippen LogP contribution >= 0.6 is 0 Å². The second-order valence-corrected chi connectivity index (χ2v) is 6.25. The van der Waals surface area contributed by atoms with E-state index in [2.05, 4.69) is 25.3 Å². The fourth-order valence-electron chi connectivity index (χ4n) is 2.46. The van der Waals surface area contributed by atoms with Crippen LogP contribution in [0.1, 0.15) is 40.5 Å². The predicted octanol–water partition coefficient (Wildman–Crippen LogP) is 3.08. The zero-order valence-corrected chi connectivity index (χ0v) is 13.1. The zero-order valence-electron chi connectivity index (χ0n) is 13.1. The highest BCUT2D eigenvalue weighted by Crippen LogP contribution is 2.25. The number of carbonyl (C=O) groups excluding carboxylic acids is 1. The number of hydrogen-bond donors (Lipinski definition) is 0. The van der Waals surface area contributed by atoms with Gasteiger partial charge in [-0.3, -0.25) is 5.01 Å². The van der Waals surface area contributed by atoms with Crippen molar-refractivity contribution in [3.63, 3.8) is 0 Å². The van der Waals surface area contributed by atoms with Gasteiger partial charge in [0.2, 0.25) is 0 Å². The molecule has 5 heteroatoms. The predicted molar refractivity (Wildman–Crippen MR) is 81.6 cm³/mol. The summed E-state index contributed by atoms with van der Waals surface area (Å²) in [5.74, 6) is 0.484. The molecule has 1 aliphatic rings. The first-order valence-corrected chi connectivity index (χ1v) is 7.14. The van der Waals surface area contributed by atoms with Crippen LogP contribution in [0.25, 0.3) is 0 Å². The Morgan fingerprint density at radius 1 is 1.45 bits per heavy atom. The molecule has 1 unspecified atom stereocenters. The van der Waals surface area contributed by atoms with Crippen molar-refractivity contribution in [2.24, 2.45) is 11.0 Å². The van der Waals surface area contributed by atoms with Crippen molar-refractivity contribution in [1.29, 1.82) is 0 Å². The van der Waals surface area contributed by atoms with Crippen molar-refractivity contribution in [2.75, 3.05) is 13.1 Å². The molecule has 1 fully saturated rings. The summed E-state index contributed by atoms with van der Waals surface area (Å²) < 4.78 is 5.39. The van der Waals surface area contributed by atoms with E-state index in [9.17, 15) is 4.79 Å². The van der Waals surface area contributed by atoms with Gasteiger partial charge in [-0.05, 0) is 46.5 Å². The molecule has 0 aromatic carbocycles. The van der Waals surface area contributed by atoms with Gasteiger partial charge in [0.05, 0.1) is 6.04 Å². The molecule has 1 saturated heterocycles. The van der Waals surface area contributed by atoms with Gasteiger partial charge in [-0.15, -0.1) is 0 Å². The highest BCUT2D eigenvalue weighted by molar-refractivity contribution is 5.68. The lowest BCUT2D eigenvalue weighted by Crippen LogP contribution is -2.45. The first kappa shape index (κ1) is 16.5. The Kier molecular flexibility index (Phi) is 5.60. The topological polar surface area (TPSA) is 45.1 Å². The van der Waals surface area contributed by atoms with Crippen molar-refractivity contribution in [3.8, 4) is 0 Å². The molecular weight excluding hydrogens is 254 g/mol. The highest BCUT2D eigenvalue weighted by atomic mass is 16.6. The molecule has 0 N–H and O–H groups in total. The summed E-state index contributed by atoms with van der Waals surface area (Å²) in [6.45, 7) is 16.5. The molecule has 1 amide bonds. The second kappa shape index (κ2) is 6.77. The quantitative estimate of drug-likeness (QED) is 0.587. The zero-order chi connectivity index (χ0) is 15.3. The van der Waals surface area contributed by atoms with E-state index in [0.717, 1.165) is 25.9 Å². The molecule has 114 valence electrons. The van der Waals surface area contributed by atoms with Crippen molar-refractivity contribution in [2.45, 2.75) is 52.2 Å². The summed E-state index contributed by atoms with van der Waals surface area (Å²) in [5, 5.41) is 5.73. The van der Waals surface area contributed by atoms with Crippen LogP contribution < -0.4 is 0 Å². The smallest absolute Gasteiger partial charge is 0.410 e. The molecule has 0 bridgehead atoms. The summed E-state index contributed by atoms with van der Waals surface area (Å²) in [5.41, 5.74) is -0.437. The number of piperidine rings is 1. The average molecular weight is 281 g/mol. The van der Waals surface area contributed by atoms with E-state index in [0.29, 0.717) is 5.92 Å². The number of carbonyl (C=O) groups is 1. The summed E-state index contributed by atoms with van der Waals surface area (Å²) in [4.78, 5) is 13.8. The van der Waals surface area contributed by atoms with E-state index >= 15 is 0 Å². The second-order valence-electron chi connectivity index (χ2n) is 6.25. The Morgan fingerprint density at radius 2 is 2.00 bits per heavy atom.